The molecule has 0 bridgehead atoms. The molecular weight excluding hydrogens is 611 g/mol. The average Bonchev–Trinajstić information content (AvgIpc) is 3.01. The first-order valence-electron chi connectivity index (χ1n) is 13.9. The lowest BCUT2D eigenvalue weighted by Crippen LogP contribution is -2.38. The number of sulfonamides is 2. The van der Waals surface area contributed by atoms with Crippen LogP contribution < -0.4 is 19.1 Å². The number of nitrogens with one attached hydrogen (secondary N) is 2. The van der Waals surface area contributed by atoms with Crippen molar-refractivity contribution in [1.82, 2.24) is 0 Å². The fourth-order valence-corrected chi connectivity index (χ4v) is 6.90. The van der Waals surface area contributed by atoms with Gasteiger partial charge in [0, 0.05) is 11.4 Å². The van der Waals surface area contributed by atoms with Gasteiger partial charge in [0.2, 0.25) is 5.91 Å². The van der Waals surface area contributed by atoms with E-state index in [4.69, 9.17) is 4.74 Å². The molecule has 0 spiro atoms. The van der Waals surface area contributed by atoms with E-state index in [1.807, 2.05) is 38.1 Å². The van der Waals surface area contributed by atoms with E-state index >= 15 is 0 Å². The minimum absolute atomic E-state index is 0.00314. The van der Waals surface area contributed by atoms with Gasteiger partial charge in [0.05, 0.1) is 15.5 Å². The van der Waals surface area contributed by atoms with Crippen LogP contribution in [0, 0.1) is 13.8 Å². The molecule has 5 aromatic carbocycles. The number of nitrogens with zero attached hydrogens (tertiary/aromatic N) is 1. The summed E-state index contributed by atoms with van der Waals surface area (Å²) in [6, 6.07) is 34.5. The Balaban J connectivity index is 1.34. The summed E-state index contributed by atoms with van der Waals surface area (Å²) in [6.07, 6.45) is 0. The molecule has 1 amide bonds. The van der Waals surface area contributed by atoms with E-state index in [9.17, 15) is 21.6 Å². The fourth-order valence-electron chi connectivity index (χ4n) is 4.43. The quantitative estimate of drug-likeness (QED) is 0.165. The molecule has 9 nitrogen and oxygen atoms in total. The van der Waals surface area contributed by atoms with Gasteiger partial charge < -0.3 is 10.1 Å². The predicted octanol–water partition coefficient (Wildman–Crippen LogP) is 6.73. The monoisotopic (exact) mass is 641 g/mol. The van der Waals surface area contributed by atoms with E-state index in [1.165, 1.54) is 36.4 Å². The number of carbonyl (C=O) groups excluding carboxylic acids is 1. The second kappa shape index (κ2) is 13.2. The molecule has 0 aliphatic heterocycles. The second-order valence-electron chi connectivity index (χ2n) is 10.3. The fraction of sp³-hybridized carbons (Fsp3) is 0.0882. The molecule has 0 fully saturated rings. The van der Waals surface area contributed by atoms with Gasteiger partial charge in [-0.05, 0) is 104 Å². The third-order valence-electron chi connectivity index (χ3n) is 6.72. The van der Waals surface area contributed by atoms with Crippen molar-refractivity contribution in [3.63, 3.8) is 0 Å². The van der Waals surface area contributed by atoms with Crippen molar-refractivity contribution in [3.8, 4) is 11.5 Å². The van der Waals surface area contributed by atoms with Crippen LogP contribution >= 0.6 is 0 Å². The third-order valence-corrected chi connectivity index (χ3v) is 9.90. The van der Waals surface area contributed by atoms with Crippen molar-refractivity contribution < 1.29 is 26.4 Å². The molecule has 0 saturated heterocycles. The van der Waals surface area contributed by atoms with Crippen LogP contribution in [0.25, 0.3) is 0 Å². The van der Waals surface area contributed by atoms with Crippen molar-refractivity contribution in [3.05, 3.63) is 139 Å². The molecule has 0 unspecified atom stereocenters. The number of hydrogen-bond acceptors (Lipinski definition) is 6. The van der Waals surface area contributed by atoms with Crippen LogP contribution in [0.4, 0.5) is 17.1 Å². The Morgan fingerprint density at radius 1 is 0.644 bits per heavy atom. The summed E-state index contributed by atoms with van der Waals surface area (Å²) in [5, 5.41) is 2.67. The molecule has 5 rings (SSSR count). The number of amides is 1. The van der Waals surface area contributed by atoms with Gasteiger partial charge in [-0.25, -0.2) is 16.8 Å². The lowest BCUT2D eigenvalue weighted by molar-refractivity contribution is -0.114. The molecule has 0 aromatic heterocycles. The van der Waals surface area contributed by atoms with E-state index in [-0.39, 0.29) is 15.5 Å². The molecule has 230 valence electrons. The Morgan fingerprint density at radius 2 is 1.27 bits per heavy atom. The molecule has 0 aliphatic rings. The first kappa shape index (κ1) is 31.3. The maximum absolute atomic E-state index is 13.8. The van der Waals surface area contributed by atoms with Crippen LogP contribution in [0.1, 0.15) is 11.1 Å². The van der Waals surface area contributed by atoms with Gasteiger partial charge in [-0.2, -0.15) is 0 Å². The van der Waals surface area contributed by atoms with E-state index in [0.29, 0.717) is 22.9 Å². The van der Waals surface area contributed by atoms with Gasteiger partial charge in [-0.1, -0.05) is 48.0 Å². The third kappa shape index (κ3) is 7.88. The molecule has 0 aliphatic carbocycles. The molecule has 0 saturated carbocycles. The highest BCUT2D eigenvalue weighted by molar-refractivity contribution is 7.93. The van der Waals surface area contributed by atoms with Crippen molar-refractivity contribution in [2.24, 2.45) is 0 Å². The molecule has 11 heteroatoms. The van der Waals surface area contributed by atoms with E-state index in [0.717, 1.165) is 15.4 Å². The van der Waals surface area contributed by atoms with Gasteiger partial charge in [-0.3, -0.25) is 13.8 Å². The Kier molecular flexibility index (Phi) is 9.21. The Labute approximate surface area is 263 Å². The maximum Gasteiger partial charge on any atom is 0.264 e. The van der Waals surface area contributed by atoms with Crippen molar-refractivity contribution in [2.45, 2.75) is 23.6 Å². The number of hydrogen-bond donors (Lipinski definition) is 2. The van der Waals surface area contributed by atoms with Gasteiger partial charge in [0.25, 0.3) is 20.0 Å². The van der Waals surface area contributed by atoms with Crippen molar-refractivity contribution in [1.29, 1.82) is 0 Å². The first-order valence-corrected chi connectivity index (χ1v) is 16.8. The largest absolute Gasteiger partial charge is 0.457 e. The number of ether oxygens (including phenoxy) is 1. The minimum atomic E-state index is -4.14. The number of carbonyl (C=O) groups is 1. The average molecular weight is 642 g/mol. The molecule has 0 radical (unpaired) electrons. The summed E-state index contributed by atoms with van der Waals surface area (Å²) in [5.74, 6) is 0.497. The lowest BCUT2D eigenvalue weighted by Gasteiger charge is -2.24. The number of benzene rings is 5. The van der Waals surface area contributed by atoms with Gasteiger partial charge >= 0.3 is 0 Å². The zero-order chi connectivity index (χ0) is 32.0. The van der Waals surface area contributed by atoms with Crippen molar-refractivity contribution in [2.75, 3.05) is 20.9 Å². The summed E-state index contributed by atoms with van der Waals surface area (Å²) < 4.78 is 62.7. The Morgan fingerprint density at radius 3 is 1.91 bits per heavy atom. The molecule has 5 aromatic rings. The molecular formula is C34H31N3O6S2. The maximum atomic E-state index is 13.8. The van der Waals surface area contributed by atoms with Crippen molar-refractivity contribution >= 4 is 43.0 Å². The van der Waals surface area contributed by atoms with Gasteiger partial charge in [0.15, 0.2) is 0 Å². The zero-order valence-corrected chi connectivity index (χ0v) is 26.2. The summed E-state index contributed by atoms with van der Waals surface area (Å²) >= 11 is 0. The second-order valence-corrected chi connectivity index (χ2v) is 13.8. The van der Waals surface area contributed by atoms with E-state index < -0.39 is 32.5 Å². The van der Waals surface area contributed by atoms with E-state index in [1.54, 1.807) is 66.7 Å². The van der Waals surface area contributed by atoms with Crippen LogP contribution in [0.2, 0.25) is 0 Å². The Bertz CT molecular complexity index is 2000. The Hall–Kier alpha value is -5.13. The van der Waals surface area contributed by atoms with Gasteiger partial charge in [-0.15, -0.1) is 0 Å². The van der Waals surface area contributed by atoms with Crippen LogP contribution in [-0.2, 0) is 24.8 Å². The molecule has 0 atom stereocenters. The lowest BCUT2D eigenvalue weighted by atomic mass is 10.2. The minimum Gasteiger partial charge on any atom is -0.457 e. The number of para-hydroxylation sites is 1. The van der Waals surface area contributed by atoms with Gasteiger partial charge in [0.1, 0.15) is 18.0 Å². The SMILES string of the molecule is Cc1ccc(S(=O)(=O)N(CC(=O)Nc2ccc(S(=O)(=O)Nc3cccc(C)c3)cc2)c2ccc(Oc3ccccc3)cc2)cc1. The highest BCUT2D eigenvalue weighted by Crippen LogP contribution is 2.28. The summed E-state index contributed by atoms with van der Waals surface area (Å²) in [7, 11) is -8.01. The van der Waals surface area contributed by atoms with E-state index in [2.05, 4.69) is 10.0 Å². The number of anilines is 3. The highest BCUT2D eigenvalue weighted by atomic mass is 32.2. The smallest absolute Gasteiger partial charge is 0.264 e. The zero-order valence-electron chi connectivity index (χ0n) is 24.5. The number of rotatable bonds is 11. The predicted molar refractivity (Wildman–Crippen MR) is 176 cm³/mol. The molecule has 2 N–H and O–H groups in total. The number of aryl methyl sites for hydroxylation is 2. The normalized spacial score (nSPS) is 11.4. The van der Waals surface area contributed by atoms with Crippen LogP contribution in [-0.4, -0.2) is 29.3 Å². The highest BCUT2D eigenvalue weighted by Gasteiger charge is 2.27. The van der Waals surface area contributed by atoms with Crippen LogP contribution in [0.5, 0.6) is 11.5 Å². The molecule has 45 heavy (non-hydrogen) atoms. The first-order chi connectivity index (χ1) is 21.5. The summed E-state index contributed by atoms with van der Waals surface area (Å²) in [6.45, 7) is 3.17. The van der Waals surface area contributed by atoms with Crippen LogP contribution in [0.3, 0.4) is 0 Å². The molecule has 0 heterocycles. The summed E-state index contributed by atoms with van der Waals surface area (Å²) in [5.41, 5.74) is 2.79. The standard InChI is InChI=1S/C34H31N3O6S2/c1-25-11-19-33(20-12-25)45(41,42)37(29-15-17-31(18-16-29)43-30-9-4-3-5-10-30)24-34(38)35-27-13-21-32(22-14-27)44(39,40)36-28-8-6-7-26(2)23-28/h3-23,36H,24H2,1-2H3,(H,35,38). The summed E-state index contributed by atoms with van der Waals surface area (Å²) in [4.78, 5) is 13.3. The van der Waals surface area contributed by atoms with Crippen LogP contribution in [0.15, 0.2) is 137 Å². The topological polar surface area (TPSA) is 122 Å².